The van der Waals surface area contributed by atoms with Gasteiger partial charge in [0.25, 0.3) is 0 Å². The first-order valence-corrected chi connectivity index (χ1v) is 9.13. The van der Waals surface area contributed by atoms with Gasteiger partial charge in [-0.1, -0.05) is 42.5 Å². The highest BCUT2D eigenvalue weighted by molar-refractivity contribution is 6.10. The summed E-state index contributed by atoms with van der Waals surface area (Å²) in [7, 11) is 4.19. The number of aromatic nitrogens is 1. The monoisotopic (exact) mass is 343 g/mol. The molecular weight excluding hydrogens is 318 g/mol. The topological polar surface area (TPSA) is 11.4 Å². The summed E-state index contributed by atoms with van der Waals surface area (Å²) in [4.78, 5) is 0. The minimum absolute atomic E-state index is 0.386. The molecule has 0 aliphatic rings. The number of hydrazine groups is 1. The Hall–Kier alpha value is -2.78. The highest BCUT2D eigenvalue weighted by Gasteiger charge is 2.17. The van der Waals surface area contributed by atoms with Crippen LogP contribution in [-0.2, 0) is 0 Å². The van der Waals surface area contributed by atoms with Gasteiger partial charge < -0.3 is 9.58 Å². The van der Waals surface area contributed by atoms with Crippen LogP contribution in [-0.4, -0.2) is 29.7 Å². The maximum Gasteiger partial charge on any atom is 0.0562 e. The van der Waals surface area contributed by atoms with E-state index in [1.54, 1.807) is 0 Å². The molecule has 0 radical (unpaired) electrons. The molecule has 0 fully saturated rings. The van der Waals surface area contributed by atoms with Crippen molar-refractivity contribution < 1.29 is 0 Å². The van der Waals surface area contributed by atoms with E-state index in [4.69, 9.17) is 0 Å². The second-order valence-electron chi connectivity index (χ2n) is 7.18. The van der Waals surface area contributed by atoms with Crippen molar-refractivity contribution in [1.82, 2.24) is 9.58 Å². The average Bonchev–Trinajstić information content (AvgIpc) is 2.95. The number of nitrogens with zero attached hydrogens (tertiary/aromatic N) is 3. The summed E-state index contributed by atoms with van der Waals surface area (Å²) in [6.45, 7) is 4.44. The summed E-state index contributed by atoms with van der Waals surface area (Å²) in [5, 5.41) is 7.04. The molecule has 3 nitrogen and oxygen atoms in total. The molecule has 132 valence electrons. The fraction of sp³-hybridized carbons (Fsp3) is 0.217. The third-order valence-corrected chi connectivity index (χ3v) is 4.86. The van der Waals surface area contributed by atoms with Crippen molar-refractivity contribution in [2.75, 3.05) is 19.1 Å². The van der Waals surface area contributed by atoms with Crippen molar-refractivity contribution in [2.45, 2.75) is 19.9 Å². The second kappa shape index (κ2) is 6.50. The van der Waals surface area contributed by atoms with E-state index in [1.807, 2.05) is 0 Å². The third-order valence-electron chi connectivity index (χ3n) is 4.86. The van der Waals surface area contributed by atoms with E-state index >= 15 is 0 Å². The van der Waals surface area contributed by atoms with Gasteiger partial charge in [0.1, 0.15) is 0 Å². The quantitative estimate of drug-likeness (QED) is 0.455. The Morgan fingerprint density at radius 3 is 2.08 bits per heavy atom. The van der Waals surface area contributed by atoms with Crippen LogP contribution in [0.3, 0.4) is 0 Å². The number of anilines is 1. The van der Waals surface area contributed by atoms with E-state index < -0.39 is 0 Å². The summed E-state index contributed by atoms with van der Waals surface area (Å²) < 4.78 is 2.36. The van der Waals surface area contributed by atoms with E-state index in [9.17, 15) is 0 Å². The maximum absolute atomic E-state index is 2.36. The van der Waals surface area contributed by atoms with Gasteiger partial charge in [-0.2, -0.15) is 0 Å². The lowest BCUT2D eigenvalue weighted by molar-refractivity contribution is 0.340. The molecule has 0 atom stereocenters. The van der Waals surface area contributed by atoms with Crippen LogP contribution in [0.4, 0.5) is 5.69 Å². The molecule has 0 amide bonds. The summed E-state index contributed by atoms with van der Waals surface area (Å²) in [5.41, 5.74) is 4.88. The fourth-order valence-electron chi connectivity index (χ4n) is 3.95. The normalized spacial score (nSPS) is 11.8. The van der Waals surface area contributed by atoms with E-state index in [-0.39, 0.29) is 0 Å². The lowest BCUT2D eigenvalue weighted by Crippen LogP contribution is -2.42. The average molecular weight is 343 g/mol. The molecule has 26 heavy (non-hydrogen) atoms. The van der Waals surface area contributed by atoms with Crippen LogP contribution < -0.4 is 5.01 Å². The van der Waals surface area contributed by atoms with E-state index in [2.05, 4.69) is 115 Å². The number of hydrogen-bond donors (Lipinski definition) is 0. The molecule has 3 heteroatoms. The van der Waals surface area contributed by atoms with Crippen molar-refractivity contribution in [3.05, 3.63) is 72.8 Å². The highest BCUT2D eigenvalue weighted by atomic mass is 15.6. The molecule has 0 bridgehead atoms. The second-order valence-corrected chi connectivity index (χ2v) is 7.18. The Bertz CT molecular complexity index is 1040. The molecule has 1 heterocycles. The number of para-hydroxylation sites is 2. The van der Waals surface area contributed by atoms with Crippen LogP contribution in [0.15, 0.2) is 72.8 Å². The Morgan fingerprint density at radius 1 is 0.731 bits per heavy atom. The predicted octanol–water partition coefficient (Wildman–Crippen LogP) is 5.48. The number of rotatable bonds is 4. The highest BCUT2D eigenvalue weighted by Crippen LogP contribution is 2.34. The van der Waals surface area contributed by atoms with Gasteiger partial charge in [0.2, 0.25) is 0 Å². The van der Waals surface area contributed by atoms with Crippen LogP contribution >= 0.6 is 0 Å². The molecule has 0 N–H and O–H groups in total. The standard InChI is InChI=1S/C23H25N3/c1-17(2)26(24(3)4)19-14-15-21-20-12-8-9-13-22(20)25(23(21)16-19)18-10-6-5-7-11-18/h5-17H,1-4H3. The van der Waals surface area contributed by atoms with Crippen molar-refractivity contribution in [2.24, 2.45) is 0 Å². The predicted molar refractivity (Wildman–Crippen MR) is 112 cm³/mol. The summed E-state index contributed by atoms with van der Waals surface area (Å²) in [6, 6.07) is 26.4. The first-order valence-electron chi connectivity index (χ1n) is 9.13. The molecule has 1 aromatic heterocycles. The lowest BCUT2D eigenvalue weighted by Gasteiger charge is -2.34. The Kier molecular flexibility index (Phi) is 4.17. The number of benzene rings is 3. The number of fused-ring (bicyclic) bond motifs is 3. The van der Waals surface area contributed by atoms with Crippen LogP contribution in [0.5, 0.6) is 0 Å². The first-order chi connectivity index (χ1) is 12.6. The third kappa shape index (κ3) is 2.65. The van der Waals surface area contributed by atoms with Crippen LogP contribution in [0.25, 0.3) is 27.5 Å². The van der Waals surface area contributed by atoms with E-state index in [0.717, 1.165) is 0 Å². The number of hydrogen-bond acceptors (Lipinski definition) is 2. The molecule has 3 aromatic carbocycles. The van der Waals surface area contributed by atoms with Gasteiger partial charge in [-0.05, 0) is 44.2 Å². The molecule has 4 aromatic rings. The Morgan fingerprint density at radius 2 is 1.38 bits per heavy atom. The molecular formula is C23H25N3. The maximum atomic E-state index is 2.36. The smallest absolute Gasteiger partial charge is 0.0562 e. The van der Waals surface area contributed by atoms with Crippen LogP contribution in [0.2, 0.25) is 0 Å². The largest absolute Gasteiger partial charge is 0.309 e. The van der Waals surface area contributed by atoms with E-state index in [0.29, 0.717) is 6.04 Å². The van der Waals surface area contributed by atoms with Gasteiger partial charge >= 0.3 is 0 Å². The van der Waals surface area contributed by atoms with Gasteiger partial charge in [0.05, 0.1) is 16.7 Å². The van der Waals surface area contributed by atoms with E-state index in [1.165, 1.54) is 33.2 Å². The minimum Gasteiger partial charge on any atom is -0.309 e. The van der Waals surface area contributed by atoms with Gasteiger partial charge in [-0.3, -0.25) is 0 Å². The fourth-order valence-corrected chi connectivity index (χ4v) is 3.95. The van der Waals surface area contributed by atoms with Crippen LogP contribution in [0.1, 0.15) is 13.8 Å². The molecule has 0 aliphatic heterocycles. The molecule has 4 rings (SSSR count). The van der Waals surface area contributed by atoms with Gasteiger partial charge in [0.15, 0.2) is 0 Å². The Labute approximate surface area is 155 Å². The van der Waals surface area contributed by atoms with Crippen molar-refractivity contribution in [3.63, 3.8) is 0 Å². The zero-order chi connectivity index (χ0) is 18.3. The summed E-state index contributed by atoms with van der Waals surface area (Å²) in [5.74, 6) is 0. The molecule has 0 saturated carbocycles. The molecule has 0 aliphatic carbocycles. The molecule has 0 spiro atoms. The molecule has 0 unspecified atom stereocenters. The van der Waals surface area contributed by atoms with Gasteiger partial charge in [0, 0.05) is 36.6 Å². The van der Waals surface area contributed by atoms with Crippen molar-refractivity contribution >= 4 is 27.5 Å². The summed E-state index contributed by atoms with van der Waals surface area (Å²) >= 11 is 0. The zero-order valence-electron chi connectivity index (χ0n) is 15.8. The van der Waals surface area contributed by atoms with Gasteiger partial charge in [-0.15, -0.1) is 0 Å². The van der Waals surface area contributed by atoms with Crippen molar-refractivity contribution in [3.8, 4) is 5.69 Å². The zero-order valence-corrected chi connectivity index (χ0v) is 15.8. The minimum atomic E-state index is 0.386. The Balaban J connectivity index is 2.05. The summed E-state index contributed by atoms with van der Waals surface area (Å²) in [6.07, 6.45) is 0. The SMILES string of the molecule is CC(C)N(c1ccc2c3ccccc3n(-c3ccccc3)c2c1)N(C)C. The first kappa shape index (κ1) is 16.7. The lowest BCUT2D eigenvalue weighted by atomic mass is 10.1. The molecule has 0 saturated heterocycles. The van der Waals surface area contributed by atoms with Crippen molar-refractivity contribution in [1.29, 1.82) is 0 Å². The van der Waals surface area contributed by atoms with Gasteiger partial charge in [-0.25, -0.2) is 5.01 Å². The van der Waals surface area contributed by atoms with Crippen LogP contribution in [0, 0.1) is 0 Å².